The van der Waals surface area contributed by atoms with E-state index in [9.17, 15) is 13.2 Å². The van der Waals surface area contributed by atoms with Crippen LogP contribution in [0.2, 0.25) is 0 Å². The molecule has 1 aromatic carbocycles. The minimum Gasteiger partial charge on any atom is -0.170 e. The lowest BCUT2D eigenvalue weighted by molar-refractivity contribution is -0.105. The van der Waals surface area contributed by atoms with Gasteiger partial charge in [-0.25, -0.2) is 0 Å². The average molecular weight is 206 g/mol. The highest BCUT2D eigenvalue weighted by Gasteiger charge is 2.27. The van der Waals surface area contributed by atoms with Gasteiger partial charge in [-0.05, 0) is 18.6 Å². The molecule has 0 aliphatic rings. The van der Waals surface area contributed by atoms with Crippen LogP contribution in [0.4, 0.5) is 13.2 Å². The van der Waals surface area contributed by atoms with E-state index in [1.54, 1.807) is 25.1 Å². The fourth-order valence-electron chi connectivity index (χ4n) is 0.878. The number of benzene rings is 1. The Hall–Kier alpha value is -0.640. The molecule has 0 fully saturated rings. The maximum atomic E-state index is 11.9. The third kappa shape index (κ3) is 3.72. The number of thioether (sulfide) groups is 1. The SMILES string of the molecule is Cc1ccccc1SCC(F)(F)F. The predicted octanol–water partition coefficient (Wildman–Crippen LogP) is 3.65. The van der Waals surface area contributed by atoms with E-state index in [0.717, 1.165) is 17.3 Å². The molecule has 0 nitrogen and oxygen atoms in total. The third-order valence-electron chi connectivity index (χ3n) is 1.48. The smallest absolute Gasteiger partial charge is 0.170 e. The predicted molar refractivity (Wildman–Crippen MR) is 48.0 cm³/mol. The van der Waals surface area contributed by atoms with Crippen LogP contribution in [0.15, 0.2) is 29.2 Å². The fourth-order valence-corrected chi connectivity index (χ4v) is 1.67. The fraction of sp³-hybridized carbons (Fsp3) is 0.333. The van der Waals surface area contributed by atoms with Crippen LogP contribution >= 0.6 is 11.8 Å². The minimum atomic E-state index is -4.09. The molecule has 4 heteroatoms. The number of rotatable bonds is 2. The highest BCUT2D eigenvalue weighted by atomic mass is 32.2. The molecule has 72 valence electrons. The third-order valence-corrected chi connectivity index (χ3v) is 2.73. The lowest BCUT2D eigenvalue weighted by Gasteiger charge is -2.07. The molecule has 0 aliphatic heterocycles. The maximum absolute atomic E-state index is 11.9. The minimum absolute atomic E-state index is 0.694. The molecule has 0 atom stereocenters. The Kier molecular flexibility index (Phi) is 3.25. The van der Waals surface area contributed by atoms with Gasteiger partial charge in [0.25, 0.3) is 0 Å². The Morgan fingerprint density at radius 2 is 1.85 bits per heavy atom. The molecule has 0 bridgehead atoms. The van der Waals surface area contributed by atoms with Gasteiger partial charge in [-0.3, -0.25) is 0 Å². The molecule has 1 rings (SSSR count). The van der Waals surface area contributed by atoms with Crippen LogP contribution in [0, 0.1) is 6.92 Å². The molecule has 0 N–H and O–H groups in total. The molecule has 0 spiro atoms. The van der Waals surface area contributed by atoms with Crippen LogP contribution in [-0.4, -0.2) is 11.9 Å². The van der Waals surface area contributed by atoms with Crippen LogP contribution in [0.25, 0.3) is 0 Å². The number of aryl methyl sites for hydroxylation is 1. The molecule has 0 saturated carbocycles. The first-order valence-corrected chi connectivity index (χ1v) is 4.73. The van der Waals surface area contributed by atoms with Crippen molar-refractivity contribution in [3.63, 3.8) is 0 Å². The summed E-state index contributed by atoms with van der Waals surface area (Å²) in [6, 6.07) is 7.06. The Morgan fingerprint density at radius 3 is 2.38 bits per heavy atom. The van der Waals surface area contributed by atoms with Crippen LogP contribution in [-0.2, 0) is 0 Å². The van der Waals surface area contributed by atoms with Gasteiger partial charge in [0, 0.05) is 4.90 Å². The van der Waals surface area contributed by atoms with Crippen LogP contribution in [0.3, 0.4) is 0 Å². The highest BCUT2D eigenvalue weighted by Crippen LogP contribution is 2.28. The lowest BCUT2D eigenvalue weighted by atomic mass is 10.2. The van der Waals surface area contributed by atoms with Gasteiger partial charge in [-0.1, -0.05) is 18.2 Å². The van der Waals surface area contributed by atoms with Crippen molar-refractivity contribution in [2.24, 2.45) is 0 Å². The molecular formula is C9H9F3S. The summed E-state index contributed by atoms with van der Waals surface area (Å²) in [6.07, 6.45) is -4.09. The van der Waals surface area contributed by atoms with Gasteiger partial charge in [0.15, 0.2) is 0 Å². The van der Waals surface area contributed by atoms with Crippen molar-refractivity contribution >= 4 is 11.8 Å². The zero-order valence-electron chi connectivity index (χ0n) is 7.06. The number of hydrogen-bond acceptors (Lipinski definition) is 1. The van der Waals surface area contributed by atoms with Crippen LogP contribution in [0.1, 0.15) is 5.56 Å². The molecule has 0 radical (unpaired) electrons. The van der Waals surface area contributed by atoms with Crippen molar-refractivity contribution in [3.05, 3.63) is 29.8 Å². The number of alkyl halides is 3. The van der Waals surface area contributed by atoms with Gasteiger partial charge in [0.05, 0.1) is 5.75 Å². The van der Waals surface area contributed by atoms with Crippen LogP contribution < -0.4 is 0 Å². The molecule has 0 amide bonds. The van der Waals surface area contributed by atoms with E-state index >= 15 is 0 Å². The van der Waals surface area contributed by atoms with Crippen molar-refractivity contribution in [1.82, 2.24) is 0 Å². The summed E-state index contributed by atoms with van der Waals surface area (Å²) < 4.78 is 35.6. The second-order valence-electron chi connectivity index (χ2n) is 2.67. The molecule has 0 aliphatic carbocycles. The van der Waals surface area contributed by atoms with Crippen molar-refractivity contribution in [3.8, 4) is 0 Å². The zero-order valence-corrected chi connectivity index (χ0v) is 7.88. The first-order valence-electron chi connectivity index (χ1n) is 3.74. The van der Waals surface area contributed by atoms with Crippen LogP contribution in [0.5, 0.6) is 0 Å². The van der Waals surface area contributed by atoms with E-state index in [1.165, 1.54) is 0 Å². The largest absolute Gasteiger partial charge is 0.398 e. The summed E-state index contributed by atoms with van der Waals surface area (Å²) in [7, 11) is 0. The van der Waals surface area contributed by atoms with Crippen molar-refractivity contribution in [2.45, 2.75) is 18.0 Å². The Labute approximate surface area is 79.1 Å². The zero-order chi connectivity index (χ0) is 9.90. The monoisotopic (exact) mass is 206 g/mol. The molecule has 0 aromatic heterocycles. The molecule has 13 heavy (non-hydrogen) atoms. The topological polar surface area (TPSA) is 0 Å². The summed E-state index contributed by atoms with van der Waals surface area (Å²) in [5.74, 6) is -0.822. The number of hydrogen-bond donors (Lipinski definition) is 0. The lowest BCUT2D eigenvalue weighted by Crippen LogP contribution is -2.10. The first-order chi connectivity index (χ1) is 5.99. The Bertz CT molecular complexity index is 280. The molecule has 0 heterocycles. The Morgan fingerprint density at radius 1 is 1.23 bits per heavy atom. The van der Waals surface area contributed by atoms with E-state index in [1.807, 2.05) is 6.07 Å². The van der Waals surface area contributed by atoms with Gasteiger partial charge in [0.1, 0.15) is 0 Å². The summed E-state index contributed by atoms with van der Waals surface area (Å²) in [5.41, 5.74) is 0.886. The molecule has 0 saturated heterocycles. The van der Waals surface area contributed by atoms with Gasteiger partial charge < -0.3 is 0 Å². The van der Waals surface area contributed by atoms with Crippen molar-refractivity contribution < 1.29 is 13.2 Å². The van der Waals surface area contributed by atoms with E-state index in [4.69, 9.17) is 0 Å². The van der Waals surface area contributed by atoms with Gasteiger partial charge >= 0.3 is 6.18 Å². The first kappa shape index (κ1) is 10.4. The molecular weight excluding hydrogens is 197 g/mol. The summed E-state index contributed by atoms with van der Waals surface area (Å²) in [5, 5.41) is 0. The second-order valence-corrected chi connectivity index (χ2v) is 3.69. The van der Waals surface area contributed by atoms with Gasteiger partial charge in [-0.15, -0.1) is 11.8 Å². The van der Waals surface area contributed by atoms with Crippen molar-refractivity contribution in [2.75, 3.05) is 5.75 Å². The Balaban J connectivity index is 2.60. The maximum Gasteiger partial charge on any atom is 0.398 e. The average Bonchev–Trinajstić information content (AvgIpc) is 2.01. The summed E-state index contributed by atoms with van der Waals surface area (Å²) in [6.45, 7) is 1.80. The standard InChI is InChI=1S/C9H9F3S/c1-7-4-2-3-5-8(7)13-6-9(10,11)12/h2-5H,6H2,1H3. The van der Waals surface area contributed by atoms with E-state index < -0.39 is 11.9 Å². The summed E-state index contributed by atoms with van der Waals surface area (Å²) in [4.78, 5) is 0.694. The van der Waals surface area contributed by atoms with E-state index in [0.29, 0.717) is 4.90 Å². The van der Waals surface area contributed by atoms with E-state index in [-0.39, 0.29) is 0 Å². The van der Waals surface area contributed by atoms with Gasteiger partial charge in [-0.2, -0.15) is 13.2 Å². The summed E-state index contributed by atoms with van der Waals surface area (Å²) >= 11 is 0.829. The molecule has 0 unspecified atom stereocenters. The van der Waals surface area contributed by atoms with Crippen molar-refractivity contribution in [1.29, 1.82) is 0 Å². The normalized spacial score (nSPS) is 11.7. The quantitative estimate of drug-likeness (QED) is 0.665. The second kappa shape index (κ2) is 4.05. The highest BCUT2D eigenvalue weighted by molar-refractivity contribution is 7.99. The number of halogens is 3. The molecule has 1 aromatic rings. The van der Waals surface area contributed by atoms with Gasteiger partial charge in [0.2, 0.25) is 0 Å². The van der Waals surface area contributed by atoms with E-state index in [2.05, 4.69) is 0 Å².